The molecule has 0 unspecified atom stereocenters. The average Bonchev–Trinajstić information content (AvgIpc) is 2.34. The molecule has 13 heavy (non-hydrogen) atoms. The van der Waals surface area contributed by atoms with E-state index in [9.17, 15) is 9.59 Å². The van der Waals surface area contributed by atoms with Crippen molar-refractivity contribution in [1.82, 2.24) is 5.32 Å². The lowest BCUT2D eigenvalue weighted by atomic mass is 10.2. The first-order valence-electron chi connectivity index (χ1n) is 3.90. The van der Waals surface area contributed by atoms with Gasteiger partial charge in [-0.15, -0.1) is 0 Å². The molecule has 1 heterocycles. The fraction of sp³-hybridized carbons (Fsp3) is 0.714. The van der Waals surface area contributed by atoms with E-state index in [1.807, 2.05) is 0 Å². The van der Waals surface area contributed by atoms with Gasteiger partial charge in [-0.2, -0.15) is 11.8 Å². The van der Waals surface area contributed by atoms with Crippen LogP contribution in [0, 0.1) is 0 Å². The van der Waals surface area contributed by atoms with Crippen molar-refractivity contribution in [3.63, 3.8) is 0 Å². The van der Waals surface area contributed by atoms with Gasteiger partial charge >= 0.3 is 12.0 Å². The van der Waals surface area contributed by atoms with Gasteiger partial charge in [0.15, 0.2) is 0 Å². The van der Waals surface area contributed by atoms with Crippen LogP contribution in [0.5, 0.6) is 0 Å². The van der Waals surface area contributed by atoms with E-state index in [2.05, 4.69) is 5.32 Å². The van der Waals surface area contributed by atoms with Crippen LogP contribution in [0.3, 0.4) is 0 Å². The number of nitrogens with two attached hydrogens (primary N) is 1. The van der Waals surface area contributed by atoms with Gasteiger partial charge in [0.25, 0.3) is 0 Å². The molecule has 6 heteroatoms. The molecule has 74 valence electrons. The summed E-state index contributed by atoms with van der Waals surface area (Å²) in [5.74, 6) is 1.12. The van der Waals surface area contributed by atoms with Gasteiger partial charge in [0.05, 0.1) is 6.04 Å². The Balaban J connectivity index is 2.43. The van der Waals surface area contributed by atoms with E-state index in [0.29, 0.717) is 5.75 Å². The molecule has 1 aliphatic rings. The SMILES string of the molecule is CC(=O)O[C@H]1CSC[C@H]1NC(N)=O. The van der Waals surface area contributed by atoms with E-state index in [4.69, 9.17) is 10.5 Å². The number of rotatable bonds is 2. The lowest BCUT2D eigenvalue weighted by Gasteiger charge is -2.18. The van der Waals surface area contributed by atoms with Gasteiger partial charge in [0.2, 0.25) is 0 Å². The molecular weight excluding hydrogens is 192 g/mol. The molecule has 1 rings (SSSR count). The standard InChI is InChI=1S/C7H12N2O3S/c1-4(10)12-6-3-13-2-5(6)9-7(8)11/h5-6H,2-3H2,1H3,(H3,8,9,11)/t5-,6+/m1/s1. The van der Waals surface area contributed by atoms with Crippen LogP contribution in [0.25, 0.3) is 0 Å². The molecule has 3 N–H and O–H groups in total. The van der Waals surface area contributed by atoms with Crippen LogP contribution >= 0.6 is 11.8 Å². The van der Waals surface area contributed by atoms with Gasteiger partial charge in [-0.05, 0) is 0 Å². The summed E-state index contributed by atoms with van der Waals surface area (Å²) in [5.41, 5.74) is 4.97. The summed E-state index contributed by atoms with van der Waals surface area (Å²) in [7, 11) is 0. The van der Waals surface area contributed by atoms with E-state index >= 15 is 0 Å². The summed E-state index contributed by atoms with van der Waals surface area (Å²) in [6.45, 7) is 1.35. The number of thioether (sulfide) groups is 1. The molecule has 0 saturated carbocycles. The van der Waals surface area contributed by atoms with Crippen LogP contribution < -0.4 is 11.1 Å². The highest BCUT2D eigenvalue weighted by molar-refractivity contribution is 7.99. The Morgan fingerprint density at radius 2 is 2.23 bits per heavy atom. The van der Waals surface area contributed by atoms with E-state index in [1.165, 1.54) is 6.92 Å². The normalized spacial score (nSPS) is 26.8. The third-order valence-electron chi connectivity index (χ3n) is 1.67. The van der Waals surface area contributed by atoms with Crippen molar-refractivity contribution in [3.05, 3.63) is 0 Å². The highest BCUT2D eigenvalue weighted by Gasteiger charge is 2.30. The van der Waals surface area contributed by atoms with Crippen LogP contribution in [0.15, 0.2) is 0 Å². The van der Waals surface area contributed by atoms with Gasteiger partial charge in [-0.1, -0.05) is 0 Å². The topological polar surface area (TPSA) is 81.4 Å². The Morgan fingerprint density at radius 1 is 1.54 bits per heavy atom. The number of urea groups is 1. The Labute approximate surface area is 80.4 Å². The lowest BCUT2D eigenvalue weighted by Crippen LogP contribution is -2.46. The molecule has 5 nitrogen and oxygen atoms in total. The first-order chi connectivity index (χ1) is 6.09. The largest absolute Gasteiger partial charge is 0.459 e. The van der Waals surface area contributed by atoms with Gasteiger partial charge in [-0.25, -0.2) is 4.79 Å². The molecule has 0 radical (unpaired) electrons. The summed E-state index contributed by atoms with van der Waals surface area (Å²) in [6.07, 6.45) is -0.241. The van der Waals surface area contributed by atoms with Crippen LogP contribution in [0.4, 0.5) is 4.79 Å². The number of hydrogen-bond donors (Lipinski definition) is 2. The Kier molecular flexibility index (Phi) is 3.41. The zero-order valence-corrected chi connectivity index (χ0v) is 8.10. The summed E-state index contributed by atoms with van der Waals surface area (Å²) in [4.78, 5) is 21.2. The van der Waals surface area contributed by atoms with E-state index in [-0.39, 0.29) is 18.1 Å². The van der Waals surface area contributed by atoms with Crippen LogP contribution in [-0.2, 0) is 9.53 Å². The number of ether oxygens (including phenoxy) is 1. The summed E-state index contributed by atoms with van der Waals surface area (Å²) < 4.78 is 4.99. The van der Waals surface area contributed by atoms with Gasteiger partial charge in [-0.3, -0.25) is 4.79 Å². The maximum Gasteiger partial charge on any atom is 0.312 e. The molecule has 0 aromatic heterocycles. The van der Waals surface area contributed by atoms with Gasteiger partial charge in [0, 0.05) is 18.4 Å². The van der Waals surface area contributed by atoms with Gasteiger partial charge in [0.1, 0.15) is 6.10 Å². The number of primary amides is 1. The minimum Gasteiger partial charge on any atom is -0.459 e. The Bertz CT molecular complexity index is 200. The number of esters is 1. The quantitative estimate of drug-likeness (QED) is 0.605. The minimum atomic E-state index is -0.579. The maximum atomic E-state index is 10.7. The first-order valence-corrected chi connectivity index (χ1v) is 5.06. The van der Waals surface area contributed by atoms with Crippen molar-refractivity contribution >= 4 is 23.8 Å². The molecule has 1 aliphatic heterocycles. The van der Waals surface area contributed by atoms with Crippen molar-refractivity contribution in [2.45, 2.75) is 19.1 Å². The van der Waals surface area contributed by atoms with Crippen molar-refractivity contribution < 1.29 is 14.3 Å². The molecule has 2 amide bonds. The average molecular weight is 204 g/mol. The van der Waals surface area contributed by atoms with Crippen LogP contribution in [0.1, 0.15) is 6.92 Å². The predicted octanol–water partition coefficient (Wildman–Crippen LogP) is -0.298. The third kappa shape index (κ3) is 3.14. The molecule has 0 bridgehead atoms. The minimum absolute atomic E-state index is 0.147. The second-order valence-electron chi connectivity index (χ2n) is 2.80. The number of carbonyl (C=O) groups excluding carboxylic acids is 2. The van der Waals surface area contributed by atoms with Crippen molar-refractivity contribution in [2.75, 3.05) is 11.5 Å². The molecule has 1 saturated heterocycles. The van der Waals surface area contributed by atoms with Gasteiger partial charge < -0.3 is 15.8 Å². The van der Waals surface area contributed by atoms with Crippen molar-refractivity contribution in [1.29, 1.82) is 0 Å². The zero-order valence-electron chi connectivity index (χ0n) is 7.28. The summed E-state index contributed by atoms with van der Waals surface area (Å²) in [6, 6.07) is -0.726. The molecular formula is C7H12N2O3S. The van der Waals surface area contributed by atoms with E-state index < -0.39 is 6.03 Å². The number of nitrogens with one attached hydrogen (secondary N) is 1. The molecule has 0 aliphatic carbocycles. The smallest absolute Gasteiger partial charge is 0.312 e. The first kappa shape index (κ1) is 10.2. The predicted molar refractivity (Wildman–Crippen MR) is 49.4 cm³/mol. The Morgan fingerprint density at radius 3 is 2.77 bits per heavy atom. The van der Waals surface area contributed by atoms with Crippen molar-refractivity contribution in [3.8, 4) is 0 Å². The highest BCUT2D eigenvalue weighted by Crippen LogP contribution is 2.20. The van der Waals surface area contributed by atoms with Crippen LogP contribution in [0.2, 0.25) is 0 Å². The van der Waals surface area contributed by atoms with Crippen LogP contribution in [-0.4, -0.2) is 35.7 Å². The second kappa shape index (κ2) is 4.36. The monoisotopic (exact) mass is 204 g/mol. The van der Waals surface area contributed by atoms with Crippen molar-refractivity contribution in [2.24, 2.45) is 5.73 Å². The summed E-state index contributed by atoms with van der Waals surface area (Å²) in [5, 5.41) is 2.54. The third-order valence-corrected chi connectivity index (χ3v) is 2.83. The van der Waals surface area contributed by atoms with E-state index in [1.54, 1.807) is 11.8 Å². The number of carbonyl (C=O) groups is 2. The molecule has 1 fully saturated rings. The fourth-order valence-corrected chi connectivity index (χ4v) is 2.40. The van der Waals surface area contributed by atoms with E-state index in [0.717, 1.165) is 5.75 Å². The summed E-state index contributed by atoms with van der Waals surface area (Å²) >= 11 is 1.63. The highest BCUT2D eigenvalue weighted by atomic mass is 32.2. The fourth-order valence-electron chi connectivity index (χ4n) is 1.18. The maximum absolute atomic E-state index is 10.7. The number of hydrogen-bond acceptors (Lipinski definition) is 4. The lowest BCUT2D eigenvalue weighted by molar-refractivity contribution is -0.145. The molecule has 0 aromatic carbocycles. The molecule has 2 atom stereocenters. The molecule has 0 spiro atoms. The second-order valence-corrected chi connectivity index (χ2v) is 3.88. The number of amides is 2. The zero-order chi connectivity index (χ0) is 9.84. The molecule has 0 aromatic rings. The Hall–Kier alpha value is -0.910.